The van der Waals surface area contributed by atoms with Crippen LogP contribution < -0.4 is 21.5 Å². The van der Waals surface area contributed by atoms with Gasteiger partial charge in [-0.05, 0) is 129 Å². The van der Waals surface area contributed by atoms with E-state index in [9.17, 15) is 22.6 Å². The number of nitrogens with two attached hydrogens (primary N) is 1. The van der Waals surface area contributed by atoms with Gasteiger partial charge in [-0.25, -0.2) is 11.1 Å². The number of hydrogen-bond donors (Lipinski definition) is 5. The van der Waals surface area contributed by atoms with Crippen LogP contribution >= 0.6 is 12.0 Å². The van der Waals surface area contributed by atoms with Crippen molar-refractivity contribution in [3.63, 3.8) is 0 Å². The zero-order chi connectivity index (χ0) is 42.7. The van der Waals surface area contributed by atoms with Crippen LogP contribution in [0.1, 0.15) is 84.3 Å². The van der Waals surface area contributed by atoms with Crippen molar-refractivity contribution in [1.29, 1.82) is 0 Å². The number of nitrogens with one attached hydrogen (secondary N) is 2. The van der Waals surface area contributed by atoms with Crippen LogP contribution in [0.15, 0.2) is 70.1 Å². The minimum atomic E-state index is -4.43. The first-order chi connectivity index (χ1) is 27.4. The van der Waals surface area contributed by atoms with Crippen LogP contribution in [-0.4, -0.2) is 110 Å². The van der Waals surface area contributed by atoms with E-state index in [1.54, 1.807) is 6.07 Å². The molecule has 0 aliphatic carbocycles. The Hall–Kier alpha value is -3.65. The highest BCUT2D eigenvalue weighted by atomic mass is 32.2. The molecule has 2 aliphatic rings. The number of hydrazine groups is 1. The second-order valence-corrected chi connectivity index (χ2v) is 18.1. The summed E-state index contributed by atoms with van der Waals surface area (Å²) in [6.07, 6.45) is 10.5. The van der Waals surface area contributed by atoms with Crippen LogP contribution in [0.2, 0.25) is 0 Å². The van der Waals surface area contributed by atoms with E-state index >= 15 is 0 Å². The van der Waals surface area contributed by atoms with Crippen LogP contribution in [0.4, 0.5) is 11.4 Å². The molecule has 2 aromatic rings. The zero-order valence-electron chi connectivity index (χ0n) is 34.9. The summed E-state index contributed by atoms with van der Waals surface area (Å²) in [6, 6.07) is 10.6. The summed E-state index contributed by atoms with van der Waals surface area (Å²) in [4.78, 5) is 31.8. The number of amides is 2. The van der Waals surface area contributed by atoms with Crippen molar-refractivity contribution < 1.29 is 41.8 Å². The summed E-state index contributed by atoms with van der Waals surface area (Å²) >= 11 is 0.920. The van der Waals surface area contributed by atoms with Gasteiger partial charge in [-0.2, -0.15) is 13.0 Å². The quantitative estimate of drug-likeness (QED) is 0.0142. The summed E-state index contributed by atoms with van der Waals surface area (Å²) in [5, 5.41) is 15.5. The van der Waals surface area contributed by atoms with Crippen molar-refractivity contribution >= 4 is 51.1 Å². The number of fused-ring (bicyclic) bond motifs is 2. The van der Waals surface area contributed by atoms with Gasteiger partial charge in [0.15, 0.2) is 12.3 Å². The Balaban J connectivity index is 1.41. The molecule has 320 valence electrons. The van der Waals surface area contributed by atoms with Crippen molar-refractivity contribution in [2.75, 3.05) is 64.8 Å². The third-order valence-electron chi connectivity index (χ3n) is 11.0. The summed E-state index contributed by atoms with van der Waals surface area (Å²) in [6.45, 7) is 15.7. The molecule has 2 heterocycles. The van der Waals surface area contributed by atoms with Crippen LogP contribution in [-0.2, 0) is 39.9 Å². The van der Waals surface area contributed by atoms with Crippen LogP contribution in [0.3, 0.4) is 0 Å². The Morgan fingerprint density at radius 2 is 1.60 bits per heavy atom. The molecule has 6 N–H and O–H groups in total. The molecule has 0 spiro atoms. The third kappa shape index (κ3) is 12.0. The fourth-order valence-electron chi connectivity index (χ4n) is 7.84. The average molecular weight is 845 g/mol. The lowest BCUT2D eigenvalue weighted by Crippen LogP contribution is -2.32. The van der Waals surface area contributed by atoms with E-state index in [0.717, 1.165) is 109 Å². The Morgan fingerprint density at radius 3 is 2.24 bits per heavy atom. The third-order valence-corrected chi connectivity index (χ3v) is 12.5. The molecule has 0 fully saturated rings. The van der Waals surface area contributed by atoms with Gasteiger partial charge in [-0.3, -0.25) is 19.6 Å². The molecule has 15 nitrogen and oxygen atoms in total. The van der Waals surface area contributed by atoms with E-state index in [-0.39, 0.29) is 28.5 Å². The predicted octanol–water partition coefficient (Wildman–Crippen LogP) is 5.31. The van der Waals surface area contributed by atoms with E-state index in [0.29, 0.717) is 19.5 Å². The molecule has 0 saturated heterocycles. The van der Waals surface area contributed by atoms with E-state index in [4.69, 9.17) is 11.1 Å². The topological polar surface area (TPSA) is 190 Å². The van der Waals surface area contributed by atoms with E-state index in [1.807, 2.05) is 44.2 Å². The lowest BCUT2D eigenvalue weighted by molar-refractivity contribution is -0.436. The monoisotopic (exact) mass is 844 g/mol. The fraction of sp³-hybridized carbons (Fsp3) is 0.537. The molecular weight excluding hydrogens is 783 g/mol. The fourth-order valence-corrected chi connectivity index (χ4v) is 8.74. The molecule has 2 amide bonds. The van der Waals surface area contributed by atoms with Crippen molar-refractivity contribution in [2.24, 2.45) is 5.84 Å². The molecule has 0 saturated carbocycles. The smallest absolute Gasteiger partial charge is 0.294 e. The lowest BCUT2D eigenvalue weighted by Gasteiger charge is -2.25. The molecule has 0 radical (unpaired) electrons. The van der Waals surface area contributed by atoms with Gasteiger partial charge in [0.2, 0.25) is 17.5 Å². The Labute approximate surface area is 348 Å². The summed E-state index contributed by atoms with van der Waals surface area (Å²) in [5.74, 6) is 4.92. The van der Waals surface area contributed by atoms with E-state index < -0.39 is 15.5 Å². The molecule has 0 atom stereocenters. The Kier molecular flexibility index (Phi) is 17.1. The number of anilines is 1. The van der Waals surface area contributed by atoms with Gasteiger partial charge < -0.3 is 20.0 Å². The molecule has 2 aromatic carbocycles. The Bertz CT molecular complexity index is 1970. The normalized spacial score (nSPS) is 16.6. The van der Waals surface area contributed by atoms with Gasteiger partial charge in [-0.1, -0.05) is 25.0 Å². The van der Waals surface area contributed by atoms with Gasteiger partial charge in [-0.15, -0.1) is 4.33 Å². The lowest BCUT2D eigenvalue weighted by atomic mass is 9.81. The molecule has 17 heteroatoms. The first-order valence-electron chi connectivity index (χ1n) is 19.8. The summed E-state index contributed by atoms with van der Waals surface area (Å²) in [5.41, 5.74) is 6.81. The number of nitrogens with zero attached hydrogens (tertiary/aromatic N) is 4. The van der Waals surface area contributed by atoms with Gasteiger partial charge in [0, 0.05) is 58.9 Å². The number of carbonyl (C=O) groups is 2. The average Bonchev–Trinajstić information content (AvgIpc) is 3.53. The maximum absolute atomic E-state index is 13.2. The molecular formula is C41H62N7O8S2+. The highest BCUT2D eigenvalue weighted by Crippen LogP contribution is 2.49. The first-order valence-corrected chi connectivity index (χ1v) is 22.0. The molecule has 0 aromatic heterocycles. The maximum atomic E-state index is 13.2. The molecule has 58 heavy (non-hydrogen) atoms. The van der Waals surface area contributed by atoms with E-state index in [2.05, 4.69) is 80.3 Å². The standard InChI is InChI=1S/C41H61N7O8S2/c1-8-47-34-19-17-30(57-56-55-51)28-32(34)40(2,3)36(47)14-11-15-37-41(4,5)33-29-31(58(52,53)54)18-20-35(33)48(37)27-21-38(49)43-22-13-26-46(7)24-10-9-23-45(6)25-12-16-39(50)44-42/h11,14-15,17-20,28-29H,8-10,12-13,16,21-27,42H2,1-7H3,(H3-,43,44,49,50,51,52,53,54)/p+1. The zero-order valence-corrected chi connectivity index (χ0v) is 36.5. The molecule has 0 bridgehead atoms. The Morgan fingerprint density at radius 1 is 0.931 bits per heavy atom. The van der Waals surface area contributed by atoms with Gasteiger partial charge in [0.25, 0.3) is 10.1 Å². The van der Waals surface area contributed by atoms with Crippen molar-refractivity contribution in [1.82, 2.24) is 20.5 Å². The number of allylic oxidation sites excluding steroid dienone is 4. The van der Waals surface area contributed by atoms with Crippen LogP contribution in [0.25, 0.3) is 0 Å². The van der Waals surface area contributed by atoms with Gasteiger partial charge in [0.1, 0.15) is 0 Å². The number of carbonyl (C=O) groups excluding carboxylic acids is 2. The highest BCUT2D eigenvalue weighted by molar-refractivity contribution is 7.94. The number of hydrogen-bond acceptors (Lipinski definition) is 12. The largest absolute Gasteiger partial charge is 0.356 e. The first kappa shape index (κ1) is 47.0. The molecule has 4 rings (SSSR count). The summed E-state index contributed by atoms with van der Waals surface area (Å²) in [7, 11) is -0.280. The maximum Gasteiger partial charge on any atom is 0.294 e. The molecule has 0 unspecified atom stereocenters. The number of likely N-dealkylation sites (N-methyl/N-ethyl adjacent to an activating group) is 1. The second kappa shape index (κ2) is 21.0. The predicted molar refractivity (Wildman–Crippen MR) is 227 cm³/mol. The minimum Gasteiger partial charge on any atom is -0.356 e. The van der Waals surface area contributed by atoms with E-state index in [1.165, 1.54) is 12.1 Å². The summed E-state index contributed by atoms with van der Waals surface area (Å²) < 4.78 is 40.9. The van der Waals surface area contributed by atoms with Crippen molar-refractivity contribution in [3.8, 4) is 0 Å². The van der Waals surface area contributed by atoms with Crippen LogP contribution in [0.5, 0.6) is 0 Å². The minimum absolute atomic E-state index is 0.0709. The second-order valence-electron chi connectivity index (χ2n) is 15.9. The highest BCUT2D eigenvalue weighted by Gasteiger charge is 2.45. The van der Waals surface area contributed by atoms with Crippen molar-refractivity contribution in [2.45, 2.75) is 93.8 Å². The van der Waals surface area contributed by atoms with Gasteiger partial charge >= 0.3 is 0 Å². The van der Waals surface area contributed by atoms with Gasteiger partial charge in [0.05, 0.1) is 28.8 Å². The number of rotatable bonds is 23. The van der Waals surface area contributed by atoms with Crippen LogP contribution in [0, 0.1) is 0 Å². The number of unbranched alkanes of at least 4 members (excludes halogenated alkanes) is 1. The van der Waals surface area contributed by atoms with Crippen molar-refractivity contribution in [3.05, 3.63) is 71.5 Å². The SMILES string of the molecule is CCN1C(=CC=CC2=[N+](CCC(=O)NCCCN(C)CCCCN(C)CCCC(=O)NN)c3ccc(S(=O)(=O)O)cc3C2(C)C)C(C)(C)c2cc(SOOO)ccc21. The molecule has 2 aliphatic heterocycles. The number of benzene rings is 2.